The van der Waals surface area contributed by atoms with Crippen LogP contribution in [0.25, 0.3) is 0 Å². The Balaban J connectivity index is 1.35. The number of nitrogens with one attached hydrogen (secondary N) is 1. The van der Waals surface area contributed by atoms with E-state index < -0.39 is 0 Å². The molecular weight excluding hydrogens is 360 g/mol. The molecule has 1 unspecified atom stereocenters. The maximum absolute atomic E-state index is 13.1. The first-order chi connectivity index (χ1) is 14.2. The summed E-state index contributed by atoms with van der Waals surface area (Å²) in [6.07, 6.45) is 7.15. The van der Waals surface area contributed by atoms with Gasteiger partial charge in [0.2, 0.25) is 11.8 Å². The van der Waals surface area contributed by atoms with Gasteiger partial charge in [-0.25, -0.2) is 0 Å². The number of amides is 2. The SMILES string of the molecule is O=C(CN1C(=O)C2(CCCCC2)C1c1ccccc1)NCCCc1ccccc1. The molecule has 1 saturated carbocycles. The quantitative estimate of drug-likeness (QED) is 0.567. The van der Waals surface area contributed by atoms with E-state index in [1.54, 1.807) is 4.90 Å². The van der Waals surface area contributed by atoms with Crippen molar-refractivity contribution in [2.45, 2.75) is 51.0 Å². The molecule has 1 aliphatic carbocycles. The Labute approximate surface area is 173 Å². The van der Waals surface area contributed by atoms with E-state index in [-0.39, 0.29) is 29.8 Å². The summed E-state index contributed by atoms with van der Waals surface area (Å²) >= 11 is 0. The van der Waals surface area contributed by atoms with Crippen LogP contribution in [0.5, 0.6) is 0 Å². The number of hydrogen-bond donors (Lipinski definition) is 1. The monoisotopic (exact) mass is 390 g/mol. The van der Waals surface area contributed by atoms with Crippen molar-refractivity contribution < 1.29 is 9.59 Å². The van der Waals surface area contributed by atoms with Crippen molar-refractivity contribution in [1.82, 2.24) is 10.2 Å². The van der Waals surface area contributed by atoms with E-state index in [4.69, 9.17) is 0 Å². The maximum atomic E-state index is 13.1. The van der Waals surface area contributed by atoms with Crippen LogP contribution >= 0.6 is 0 Å². The van der Waals surface area contributed by atoms with Gasteiger partial charge < -0.3 is 10.2 Å². The third-order valence-electron chi connectivity index (χ3n) is 6.50. The minimum atomic E-state index is -0.285. The molecule has 4 heteroatoms. The molecule has 0 radical (unpaired) electrons. The third kappa shape index (κ3) is 4.07. The van der Waals surface area contributed by atoms with Crippen LogP contribution in [-0.4, -0.2) is 29.8 Å². The van der Waals surface area contributed by atoms with Crippen molar-refractivity contribution in [2.75, 3.05) is 13.1 Å². The molecule has 1 N–H and O–H groups in total. The lowest BCUT2D eigenvalue weighted by Gasteiger charge is -2.58. The third-order valence-corrected chi connectivity index (χ3v) is 6.50. The lowest BCUT2D eigenvalue weighted by atomic mass is 9.60. The Kier molecular flexibility index (Phi) is 5.98. The smallest absolute Gasteiger partial charge is 0.239 e. The first kappa shape index (κ1) is 19.7. The van der Waals surface area contributed by atoms with E-state index in [2.05, 4.69) is 29.6 Å². The highest BCUT2D eigenvalue weighted by Crippen LogP contribution is 2.57. The summed E-state index contributed by atoms with van der Waals surface area (Å²) in [6.45, 7) is 0.794. The molecule has 2 aromatic carbocycles. The summed E-state index contributed by atoms with van der Waals surface area (Å²) in [5.41, 5.74) is 2.15. The zero-order valence-corrected chi connectivity index (χ0v) is 17.0. The van der Waals surface area contributed by atoms with Crippen LogP contribution in [-0.2, 0) is 16.0 Å². The van der Waals surface area contributed by atoms with Gasteiger partial charge in [-0.3, -0.25) is 9.59 Å². The second-order valence-corrected chi connectivity index (χ2v) is 8.40. The number of carbonyl (C=O) groups is 2. The van der Waals surface area contributed by atoms with Gasteiger partial charge in [-0.2, -0.15) is 0 Å². The van der Waals surface area contributed by atoms with Crippen LogP contribution in [0.3, 0.4) is 0 Å². The Morgan fingerprint density at radius 3 is 2.31 bits per heavy atom. The molecule has 4 nitrogen and oxygen atoms in total. The molecule has 2 aliphatic rings. The first-order valence-electron chi connectivity index (χ1n) is 10.9. The second-order valence-electron chi connectivity index (χ2n) is 8.40. The minimum absolute atomic E-state index is 0.0339. The topological polar surface area (TPSA) is 49.4 Å². The van der Waals surface area contributed by atoms with E-state index in [1.807, 2.05) is 36.4 Å². The van der Waals surface area contributed by atoms with E-state index in [1.165, 1.54) is 12.0 Å². The van der Waals surface area contributed by atoms with Crippen molar-refractivity contribution in [1.29, 1.82) is 0 Å². The number of β-lactam (4-membered cyclic amide) rings is 1. The van der Waals surface area contributed by atoms with Gasteiger partial charge in [0.15, 0.2) is 0 Å². The lowest BCUT2D eigenvalue weighted by molar-refractivity contribution is -0.180. The molecule has 0 bridgehead atoms. The summed E-state index contributed by atoms with van der Waals surface area (Å²) in [5, 5.41) is 3.00. The van der Waals surface area contributed by atoms with Crippen molar-refractivity contribution in [3.8, 4) is 0 Å². The van der Waals surface area contributed by atoms with Crippen molar-refractivity contribution in [3.05, 3.63) is 71.8 Å². The summed E-state index contributed by atoms with van der Waals surface area (Å²) < 4.78 is 0. The molecule has 2 amide bonds. The number of likely N-dealkylation sites (tertiary alicyclic amines) is 1. The fourth-order valence-electron chi connectivity index (χ4n) is 5.10. The van der Waals surface area contributed by atoms with Gasteiger partial charge in [-0.15, -0.1) is 0 Å². The molecule has 1 heterocycles. The Morgan fingerprint density at radius 1 is 0.966 bits per heavy atom. The van der Waals surface area contributed by atoms with Crippen LogP contribution in [0, 0.1) is 5.41 Å². The number of aryl methyl sites for hydroxylation is 1. The van der Waals surface area contributed by atoms with Crippen molar-refractivity contribution in [2.24, 2.45) is 5.41 Å². The highest BCUT2D eigenvalue weighted by atomic mass is 16.2. The Bertz CT molecular complexity index is 828. The lowest BCUT2D eigenvalue weighted by Crippen LogP contribution is -2.65. The second kappa shape index (κ2) is 8.81. The van der Waals surface area contributed by atoms with Gasteiger partial charge in [0.25, 0.3) is 0 Å². The maximum Gasteiger partial charge on any atom is 0.239 e. The highest BCUT2D eigenvalue weighted by Gasteiger charge is 2.60. The fraction of sp³-hybridized carbons (Fsp3) is 0.440. The summed E-state index contributed by atoms with van der Waals surface area (Å²) in [5.74, 6) is 0.114. The molecule has 1 saturated heterocycles. The molecule has 1 spiro atoms. The number of hydrogen-bond acceptors (Lipinski definition) is 2. The first-order valence-corrected chi connectivity index (χ1v) is 10.9. The van der Waals surface area contributed by atoms with Crippen LogP contribution in [0.4, 0.5) is 0 Å². The molecule has 0 aromatic heterocycles. The number of rotatable bonds is 7. The molecule has 4 rings (SSSR count). The highest BCUT2D eigenvalue weighted by molar-refractivity contribution is 5.94. The summed E-state index contributed by atoms with van der Waals surface area (Å²) in [4.78, 5) is 27.5. The van der Waals surface area contributed by atoms with Gasteiger partial charge in [0.1, 0.15) is 6.54 Å². The van der Waals surface area contributed by atoms with E-state index in [0.29, 0.717) is 6.54 Å². The minimum Gasteiger partial charge on any atom is -0.355 e. The number of carbonyl (C=O) groups excluding carboxylic acids is 2. The Hall–Kier alpha value is -2.62. The van der Waals surface area contributed by atoms with Crippen LogP contribution in [0.15, 0.2) is 60.7 Å². The molecule has 29 heavy (non-hydrogen) atoms. The number of nitrogens with zero attached hydrogens (tertiary/aromatic N) is 1. The van der Waals surface area contributed by atoms with Gasteiger partial charge in [0.05, 0.1) is 11.5 Å². The van der Waals surface area contributed by atoms with Crippen LogP contribution < -0.4 is 5.32 Å². The molecule has 2 fully saturated rings. The molecule has 152 valence electrons. The average molecular weight is 391 g/mol. The van der Waals surface area contributed by atoms with Crippen LogP contribution in [0.1, 0.15) is 55.7 Å². The van der Waals surface area contributed by atoms with E-state index in [9.17, 15) is 9.59 Å². The molecule has 1 aliphatic heterocycles. The Morgan fingerprint density at radius 2 is 1.62 bits per heavy atom. The molecule has 1 atom stereocenters. The molecular formula is C25H30N2O2. The zero-order chi connectivity index (χ0) is 20.1. The van der Waals surface area contributed by atoms with Crippen molar-refractivity contribution >= 4 is 11.8 Å². The largest absolute Gasteiger partial charge is 0.355 e. The van der Waals surface area contributed by atoms with Crippen molar-refractivity contribution in [3.63, 3.8) is 0 Å². The summed E-state index contributed by atoms with van der Waals surface area (Å²) in [6, 6.07) is 20.6. The predicted octanol–water partition coefficient (Wildman–Crippen LogP) is 4.27. The van der Waals surface area contributed by atoms with Gasteiger partial charge in [-0.05, 0) is 36.8 Å². The fourth-order valence-corrected chi connectivity index (χ4v) is 5.10. The van der Waals surface area contributed by atoms with Gasteiger partial charge >= 0.3 is 0 Å². The summed E-state index contributed by atoms with van der Waals surface area (Å²) in [7, 11) is 0. The van der Waals surface area contributed by atoms with Gasteiger partial charge in [-0.1, -0.05) is 79.9 Å². The average Bonchev–Trinajstić information content (AvgIpc) is 2.78. The van der Waals surface area contributed by atoms with Crippen LogP contribution in [0.2, 0.25) is 0 Å². The normalized spacial score (nSPS) is 20.3. The number of benzene rings is 2. The molecule has 2 aromatic rings. The van der Waals surface area contributed by atoms with E-state index in [0.717, 1.165) is 44.1 Å². The predicted molar refractivity (Wildman–Crippen MR) is 114 cm³/mol. The van der Waals surface area contributed by atoms with E-state index >= 15 is 0 Å². The van der Waals surface area contributed by atoms with Gasteiger partial charge in [0, 0.05) is 6.54 Å². The zero-order valence-electron chi connectivity index (χ0n) is 17.0. The standard InChI is InChI=1S/C25H30N2O2/c28-22(26-18-10-13-20-11-4-1-5-12-20)19-27-23(21-14-6-2-7-15-21)25(24(27)29)16-8-3-9-17-25/h1-2,4-7,11-12,14-15,23H,3,8-10,13,16-19H2,(H,26,28).